The molecule has 0 spiro atoms. The molecule has 1 saturated carbocycles. The Balaban J connectivity index is 1.55. The maximum atomic E-state index is 12.8. The molecule has 1 aromatic carbocycles. The average Bonchev–Trinajstić information content (AvgIpc) is 3.26. The fraction of sp³-hybridized carbons (Fsp3) is 0.450. The number of rotatable bonds is 7. The Morgan fingerprint density at radius 2 is 1.79 bits per heavy atom. The van der Waals surface area contributed by atoms with Crippen molar-refractivity contribution >= 4 is 23.6 Å². The summed E-state index contributed by atoms with van der Waals surface area (Å²) in [6.07, 6.45) is -1.35. The maximum absolute atomic E-state index is 12.8. The molecule has 2 aromatic heterocycles. The lowest BCUT2D eigenvalue weighted by molar-refractivity contribution is -0.205. The van der Waals surface area contributed by atoms with Crippen molar-refractivity contribution in [2.45, 2.75) is 44.0 Å². The highest BCUT2D eigenvalue weighted by Crippen LogP contribution is 2.34. The van der Waals surface area contributed by atoms with Crippen LogP contribution in [0, 0.1) is 0 Å². The van der Waals surface area contributed by atoms with E-state index in [-0.39, 0.29) is 29.6 Å². The number of para-hydroxylation sites is 1. The van der Waals surface area contributed by atoms with E-state index in [0.717, 1.165) is 12.1 Å². The minimum atomic E-state index is -4.45. The summed E-state index contributed by atoms with van der Waals surface area (Å²) in [5.74, 6) is 0.289. The van der Waals surface area contributed by atoms with Gasteiger partial charge >= 0.3 is 12.2 Å². The van der Waals surface area contributed by atoms with Gasteiger partial charge in [0.2, 0.25) is 23.5 Å². The predicted molar refractivity (Wildman–Crippen MR) is 113 cm³/mol. The van der Waals surface area contributed by atoms with E-state index in [9.17, 15) is 13.2 Å². The van der Waals surface area contributed by atoms with Crippen molar-refractivity contribution in [1.82, 2.24) is 25.1 Å². The highest BCUT2D eigenvalue weighted by molar-refractivity contribution is 5.59. The Labute approximate surface area is 187 Å². The van der Waals surface area contributed by atoms with Gasteiger partial charge in [-0.3, -0.25) is 0 Å². The van der Waals surface area contributed by atoms with E-state index in [4.69, 9.17) is 15.0 Å². The first-order valence-electron chi connectivity index (χ1n) is 10.4. The molecule has 176 valence electrons. The fourth-order valence-electron chi connectivity index (χ4n) is 3.61. The Hall–Kier alpha value is -3.48. The fourth-order valence-corrected chi connectivity index (χ4v) is 3.61. The number of nitrogens with one attached hydrogen (secondary N) is 1. The van der Waals surface area contributed by atoms with Gasteiger partial charge in [0.05, 0.1) is 0 Å². The van der Waals surface area contributed by atoms with Gasteiger partial charge in [-0.05, 0) is 37.8 Å². The third-order valence-corrected chi connectivity index (χ3v) is 5.22. The molecule has 0 aliphatic heterocycles. The molecule has 4 rings (SSSR count). The zero-order chi connectivity index (χ0) is 23.5. The number of nitrogens with zero attached hydrogens (tertiary/aromatic N) is 6. The molecule has 0 amide bonds. The second-order valence-electron chi connectivity index (χ2n) is 7.72. The van der Waals surface area contributed by atoms with Crippen LogP contribution in [-0.2, 0) is 4.74 Å². The number of anilines is 4. The van der Waals surface area contributed by atoms with E-state index >= 15 is 0 Å². The molecular formula is C20H23F3N8O2. The van der Waals surface area contributed by atoms with E-state index < -0.39 is 18.5 Å². The van der Waals surface area contributed by atoms with Gasteiger partial charge in [0.1, 0.15) is 12.3 Å². The van der Waals surface area contributed by atoms with Crippen molar-refractivity contribution in [3.63, 3.8) is 0 Å². The number of halogens is 3. The van der Waals surface area contributed by atoms with Gasteiger partial charge in [-0.15, -0.1) is 0 Å². The maximum Gasteiger partial charge on any atom is 0.411 e. The topological polar surface area (TPSA) is 128 Å². The summed E-state index contributed by atoms with van der Waals surface area (Å²) in [7, 11) is 1.77. The predicted octanol–water partition coefficient (Wildman–Crippen LogP) is 3.92. The average molecular weight is 464 g/mol. The van der Waals surface area contributed by atoms with Gasteiger partial charge in [0.15, 0.2) is 0 Å². The van der Waals surface area contributed by atoms with Gasteiger partial charge in [-0.25, -0.2) is 0 Å². The van der Waals surface area contributed by atoms with Crippen molar-refractivity contribution in [1.29, 1.82) is 0 Å². The Morgan fingerprint density at radius 1 is 1.06 bits per heavy atom. The molecule has 1 fully saturated rings. The van der Waals surface area contributed by atoms with Gasteiger partial charge in [-0.1, -0.05) is 29.8 Å². The van der Waals surface area contributed by atoms with Gasteiger partial charge < -0.3 is 25.2 Å². The summed E-state index contributed by atoms with van der Waals surface area (Å²) >= 11 is 0. The van der Waals surface area contributed by atoms with Gasteiger partial charge in [-0.2, -0.15) is 33.1 Å². The zero-order valence-corrected chi connectivity index (χ0v) is 17.8. The zero-order valence-electron chi connectivity index (χ0n) is 17.8. The summed E-state index contributed by atoms with van der Waals surface area (Å²) in [5.41, 5.74) is 5.44. The van der Waals surface area contributed by atoms with Gasteiger partial charge in [0, 0.05) is 12.7 Å². The summed E-state index contributed by atoms with van der Waals surface area (Å²) in [6, 6.07) is 9.29. The SMILES string of the molecule is CN(c1ccccc1)c1nc(N)nc(-c2noc(NC3(OCC(F)(F)F)CCCCC3)n2)n1. The summed E-state index contributed by atoms with van der Waals surface area (Å²) in [6.45, 7) is -1.37. The van der Waals surface area contributed by atoms with Crippen LogP contribution in [0.15, 0.2) is 34.9 Å². The third kappa shape index (κ3) is 5.66. The summed E-state index contributed by atoms with van der Waals surface area (Å²) < 4.78 is 48.8. The first-order valence-corrected chi connectivity index (χ1v) is 10.4. The quantitative estimate of drug-likeness (QED) is 0.496. The van der Waals surface area contributed by atoms with Crippen LogP contribution in [0.1, 0.15) is 32.1 Å². The number of hydrogen-bond acceptors (Lipinski definition) is 10. The Kier molecular flexibility index (Phi) is 6.31. The molecule has 3 N–H and O–H groups in total. The number of aromatic nitrogens is 5. The minimum absolute atomic E-state index is 0.0103. The standard InChI is InChI=1S/C20H23F3N8O2/c1-31(13-8-4-2-5-9-13)17-26-14(25-16(24)28-17)15-27-18(33-30-15)29-19(10-6-3-7-11-19)32-12-20(21,22)23/h2,4-5,8-9H,3,6-7,10-12H2,1H3,(H,27,29,30)(H2,24,25,26,28). The first-order chi connectivity index (χ1) is 15.7. The second kappa shape index (κ2) is 9.17. The lowest BCUT2D eigenvalue weighted by atomic mass is 9.91. The van der Waals surface area contributed by atoms with E-state index in [2.05, 4.69) is 30.4 Å². The second-order valence-corrected chi connectivity index (χ2v) is 7.72. The Bertz CT molecular complexity index is 1070. The number of hydrogen-bond donors (Lipinski definition) is 2. The number of alkyl halides is 3. The molecule has 13 heteroatoms. The highest BCUT2D eigenvalue weighted by atomic mass is 19.4. The van der Waals surface area contributed by atoms with Crippen LogP contribution in [0.5, 0.6) is 0 Å². The first kappa shape index (κ1) is 22.7. The van der Waals surface area contributed by atoms with Crippen molar-refractivity contribution in [2.75, 3.05) is 29.6 Å². The smallest absolute Gasteiger partial charge is 0.368 e. The van der Waals surface area contributed by atoms with Crippen molar-refractivity contribution < 1.29 is 22.4 Å². The van der Waals surface area contributed by atoms with E-state index in [0.29, 0.717) is 25.7 Å². The number of ether oxygens (including phenoxy) is 1. The molecule has 0 saturated heterocycles. The molecule has 0 atom stereocenters. The van der Waals surface area contributed by atoms with Crippen molar-refractivity contribution in [3.8, 4) is 11.6 Å². The summed E-state index contributed by atoms with van der Waals surface area (Å²) in [5, 5.41) is 6.71. The van der Waals surface area contributed by atoms with Crippen LogP contribution in [0.3, 0.4) is 0 Å². The monoisotopic (exact) mass is 464 g/mol. The number of benzene rings is 1. The minimum Gasteiger partial charge on any atom is -0.368 e. The van der Waals surface area contributed by atoms with Crippen LogP contribution >= 0.6 is 0 Å². The molecule has 10 nitrogen and oxygen atoms in total. The van der Waals surface area contributed by atoms with Crippen LogP contribution in [0.2, 0.25) is 0 Å². The van der Waals surface area contributed by atoms with Crippen molar-refractivity contribution in [3.05, 3.63) is 30.3 Å². The molecule has 33 heavy (non-hydrogen) atoms. The van der Waals surface area contributed by atoms with E-state index in [1.807, 2.05) is 30.3 Å². The molecule has 3 aromatic rings. The van der Waals surface area contributed by atoms with Crippen molar-refractivity contribution in [2.24, 2.45) is 0 Å². The third-order valence-electron chi connectivity index (χ3n) is 5.22. The molecule has 1 aliphatic carbocycles. The lowest BCUT2D eigenvalue weighted by Gasteiger charge is -2.37. The van der Waals surface area contributed by atoms with E-state index in [1.54, 1.807) is 11.9 Å². The number of nitrogen functional groups attached to an aromatic ring is 1. The summed E-state index contributed by atoms with van der Waals surface area (Å²) in [4.78, 5) is 18.5. The van der Waals surface area contributed by atoms with Crippen LogP contribution in [-0.4, -0.2) is 50.6 Å². The highest BCUT2D eigenvalue weighted by Gasteiger charge is 2.39. The molecule has 2 heterocycles. The Morgan fingerprint density at radius 3 is 2.48 bits per heavy atom. The molecular weight excluding hydrogens is 441 g/mol. The molecule has 0 unspecified atom stereocenters. The van der Waals surface area contributed by atoms with Crippen LogP contribution in [0.4, 0.5) is 36.8 Å². The largest absolute Gasteiger partial charge is 0.411 e. The van der Waals surface area contributed by atoms with Gasteiger partial charge in [0.25, 0.3) is 0 Å². The normalized spacial score (nSPS) is 15.9. The molecule has 0 bridgehead atoms. The number of nitrogens with two attached hydrogens (primary N) is 1. The molecule has 0 radical (unpaired) electrons. The van der Waals surface area contributed by atoms with Crippen LogP contribution < -0.4 is 16.0 Å². The lowest BCUT2D eigenvalue weighted by Crippen LogP contribution is -2.45. The molecule has 1 aliphatic rings. The van der Waals surface area contributed by atoms with Crippen LogP contribution in [0.25, 0.3) is 11.6 Å². The van der Waals surface area contributed by atoms with E-state index in [1.165, 1.54) is 0 Å².